The number of esters is 1. The van der Waals surface area contributed by atoms with Crippen molar-refractivity contribution in [3.63, 3.8) is 0 Å². The summed E-state index contributed by atoms with van der Waals surface area (Å²) in [6, 6.07) is 0.403. The van der Waals surface area contributed by atoms with E-state index >= 15 is 0 Å². The molecule has 1 N–H and O–H groups in total. The van der Waals surface area contributed by atoms with E-state index in [0.717, 1.165) is 6.54 Å². The largest absolute Gasteiger partial charge is 0.469 e. The van der Waals surface area contributed by atoms with E-state index in [-0.39, 0.29) is 18.1 Å². The van der Waals surface area contributed by atoms with Crippen LogP contribution in [0.3, 0.4) is 0 Å². The van der Waals surface area contributed by atoms with Gasteiger partial charge >= 0.3 is 5.97 Å². The van der Waals surface area contributed by atoms with Crippen molar-refractivity contribution in [3.8, 4) is 0 Å². The lowest BCUT2D eigenvalue weighted by Gasteiger charge is -2.19. The quantitative estimate of drug-likeness (QED) is 0.728. The van der Waals surface area contributed by atoms with Crippen LogP contribution in [0.5, 0.6) is 0 Å². The first-order chi connectivity index (χ1) is 7.61. The van der Waals surface area contributed by atoms with E-state index in [9.17, 15) is 4.79 Å². The van der Waals surface area contributed by atoms with Crippen LogP contribution in [0.25, 0.3) is 0 Å². The molecule has 90 valence electrons. The number of carbonyl (C=O) groups is 1. The van der Waals surface area contributed by atoms with Gasteiger partial charge in [0.15, 0.2) is 0 Å². The molecule has 0 aromatic carbocycles. The number of rotatable bonds is 6. The van der Waals surface area contributed by atoms with Gasteiger partial charge in [0.05, 0.1) is 19.9 Å². The van der Waals surface area contributed by atoms with Gasteiger partial charge in [-0.2, -0.15) is 0 Å². The maximum Gasteiger partial charge on any atom is 0.307 e. The molecule has 1 aromatic heterocycles. The third-order valence-corrected chi connectivity index (χ3v) is 2.31. The van der Waals surface area contributed by atoms with Gasteiger partial charge in [-0.1, -0.05) is 0 Å². The Labute approximate surface area is 95.8 Å². The molecule has 1 rings (SSSR count). The molecule has 0 bridgehead atoms. The van der Waals surface area contributed by atoms with E-state index < -0.39 is 0 Å². The molecule has 1 aromatic rings. The monoisotopic (exact) mass is 225 g/mol. The molecule has 0 aliphatic carbocycles. The maximum absolute atomic E-state index is 11.0. The van der Waals surface area contributed by atoms with Crippen molar-refractivity contribution in [1.82, 2.24) is 14.9 Å². The SMILES string of the molecule is COC(=O)CC(C)NC(C)Cn1ccnc1. The Balaban J connectivity index is 2.28. The molecular formula is C11H19N3O2. The van der Waals surface area contributed by atoms with E-state index in [2.05, 4.69) is 22.0 Å². The van der Waals surface area contributed by atoms with Crippen LogP contribution < -0.4 is 5.32 Å². The number of nitrogens with one attached hydrogen (secondary N) is 1. The Morgan fingerprint density at radius 2 is 2.25 bits per heavy atom. The first kappa shape index (κ1) is 12.7. The lowest BCUT2D eigenvalue weighted by molar-refractivity contribution is -0.141. The van der Waals surface area contributed by atoms with E-state index in [4.69, 9.17) is 0 Å². The molecule has 0 fully saturated rings. The van der Waals surface area contributed by atoms with Gasteiger partial charge in [-0.25, -0.2) is 4.98 Å². The minimum atomic E-state index is -0.185. The summed E-state index contributed by atoms with van der Waals surface area (Å²) < 4.78 is 6.62. The fourth-order valence-electron chi connectivity index (χ4n) is 1.64. The van der Waals surface area contributed by atoms with Crippen LogP contribution in [0, 0.1) is 0 Å². The molecule has 2 unspecified atom stereocenters. The molecule has 5 nitrogen and oxygen atoms in total. The first-order valence-electron chi connectivity index (χ1n) is 5.40. The van der Waals surface area contributed by atoms with Gasteiger partial charge in [-0.3, -0.25) is 4.79 Å². The molecular weight excluding hydrogens is 206 g/mol. The highest BCUT2D eigenvalue weighted by molar-refractivity contribution is 5.69. The molecule has 2 atom stereocenters. The Hall–Kier alpha value is -1.36. The molecule has 0 radical (unpaired) electrons. The van der Waals surface area contributed by atoms with Gasteiger partial charge in [0.25, 0.3) is 0 Å². The third kappa shape index (κ3) is 4.44. The zero-order chi connectivity index (χ0) is 12.0. The smallest absolute Gasteiger partial charge is 0.307 e. The summed E-state index contributed by atoms with van der Waals surface area (Å²) in [6.45, 7) is 4.89. The van der Waals surface area contributed by atoms with Gasteiger partial charge in [0, 0.05) is 31.0 Å². The summed E-state index contributed by atoms with van der Waals surface area (Å²) in [7, 11) is 1.41. The summed E-state index contributed by atoms with van der Waals surface area (Å²) in [5, 5.41) is 3.33. The molecule has 0 saturated carbocycles. The zero-order valence-electron chi connectivity index (χ0n) is 10.0. The third-order valence-electron chi connectivity index (χ3n) is 2.31. The van der Waals surface area contributed by atoms with Gasteiger partial charge < -0.3 is 14.6 Å². The van der Waals surface area contributed by atoms with Gasteiger partial charge in [0.1, 0.15) is 0 Å². The van der Waals surface area contributed by atoms with Gasteiger partial charge in [0.2, 0.25) is 0 Å². The van der Waals surface area contributed by atoms with Crippen molar-refractivity contribution in [3.05, 3.63) is 18.7 Å². The number of methoxy groups -OCH3 is 1. The molecule has 0 saturated heterocycles. The van der Waals surface area contributed by atoms with E-state index in [1.54, 1.807) is 12.5 Å². The standard InChI is InChI=1S/C11H19N3O2/c1-9(6-11(15)16-3)13-10(2)7-14-5-4-12-8-14/h4-5,8-10,13H,6-7H2,1-3H3. The Bertz CT molecular complexity index is 311. The normalized spacial score (nSPS) is 14.4. The molecule has 0 amide bonds. The predicted molar refractivity (Wildman–Crippen MR) is 60.9 cm³/mol. The van der Waals surface area contributed by atoms with Crippen molar-refractivity contribution >= 4 is 5.97 Å². The van der Waals surface area contributed by atoms with E-state index in [0.29, 0.717) is 6.42 Å². The number of hydrogen-bond donors (Lipinski definition) is 1. The lowest BCUT2D eigenvalue weighted by Crippen LogP contribution is -2.38. The van der Waals surface area contributed by atoms with E-state index in [1.807, 2.05) is 17.7 Å². The van der Waals surface area contributed by atoms with Crippen molar-refractivity contribution in [2.24, 2.45) is 0 Å². The number of carbonyl (C=O) groups excluding carboxylic acids is 1. The Kier molecular flexibility index (Phi) is 4.98. The van der Waals surface area contributed by atoms with Crippen LogP contribution in [0.15, 0.2) is 18.7 Å². The molecule has 5 heteroatoms. The van der Waals surface area contributed by atoms with Crippen LogP contribution >= 0.6 is 0 Å². The van der Waals surface area contributed by atoms with Crippen molar-refractivity contribution in [2.75, 3.05) is 7.11 Å². The maximum atomic E-state index is 11.0. The summed E-state index contributed by atoms with van der Waals surface area (Å²) in [5.41, 5.74) is 0. The number of imidazole rings is 1. The lowest BCUT2D eigenvalue weighted by atomic mass is 10.2. The predicted octanol–water partition coefficient (Wildman–Crippen LogP) is 0.813. The van der Waals surface area contributed by atoms with Crippen molar-refractivity contribution in [1.29, 1.82) is 0 Å². The summed E-state index contributed by atoms with van der Waals surface area (Å²) in [5.74, 6) is -0.185. The first-order valence-corrected chi connectivity index (χ1v) is 5.40. The second kappa shape index (κ2) is 6.27. The number of nitrogens with zero attached hydrogens (tertiary/aromatic N) is 2. The number of hydrogen-bond acceptors (Lipinski definition) is 4. The summed E-state index contributed by atoms with van der Waals surface area (Å²) in [4.78, 5) is 15.0. The minimum absolute atomic E-state index is 0.117. The summed E-state index contributed by atoms with van der Waals surface area (Å²) >= 11 is 0. The van der Waals surface area contributed by atoms with Gasteiger partial charge in [-0.15, -0.1) is 0 Å². The van der Waals surface area contributed by atoms with Crippen molar-refractivity contribution in [2.45, 2.75) is 38.9 Å². The second-order valence-electron chi connectivity index (χ2n) is 4.01. The van der Waals surface area contributed by atoms with Crippen LogP contribution in [-0.4, -0.2) is 34.7 Å². The van der Waals surface area contributed by atoms with Crippen LogP contribution in [0.1, 0.15) is 20.3 Å². The van der Waals surface area contributed by atoms with Gasteiger partial charge in [-0.05, 0) is 13.8 Å². The fourth-order valence-corrected chi connectivity index (χ4v) is 1.64. The number of aromatic nitrogens is 2. The molecule has 0 aliphatic heterocycles. The average molecular weight is 225 g/mol. The highest BCUT2D eigenvalue weighted by Crippen LogP contribution is 1.98. The van der Waals surface area contributed by atoms with E-state index in [1.165, 1.54) is 7.11 Å². The Morgan fingerprint density at radius 3 is 2.81 bits per heavy atom. The van der Waals surface area contributed by atoms with Crippen LogP contribution in [0.4, 0.5) is 0 Å². The number of ether oxygens (including phenoxy) is 1. The topological polar surface area (TPSA) is 56.1 Å². The second-order valence-corrected chi connectivity index (χ2v) is 4.01. The Morgan fingerprint density at radius 1 is 1.50 bits per heavy atom. The fraction of sp³-hybridized carbons (Fsp3) is 0.636. The molecule has 16 heavy (non-hydrogen) atoms. The highest BCUT2D eigenvalue weighted by Gasteiger charge is 2.11. The summed E-state index contributed by atoms with van der Waals surface area (Å²) in [6.07, 6.45) is 5.85. The van der Waals surface area contributed by atoms with Crippen LogP contribution in [-0.2, 0) is 16.1 Å². The van der Waals surface area contributed by atoms with Crippen molar-refractivity contribution < 1.29 is 9.53 Å². The average Bonchev–Trinajstić information content (AvgIpc) is 2.69. The highest BCUT2D eigenvalue weighted by atomic mass is 16.5. The van der Waals surface area contributed by atoms with Crippen LogP contribution in [0.2, 0.25) is 0 Å². The minimum Gasteiger partial charge on any atom is -0.469 e. The molecule has 0 aliphatic rings. The molecule has 0 spiro atoms. The molecule has 1 heterocycles. The zero-order valence-corrected chi connectivity index (χ0v) is 10.0.